The standard InChI is InChI=1S/CH5NO2S2/c1-2-6(3,4)5/h2H,1H3,(H,3,4,5). The first-order valence-electron chi connectivity index (χ1n) is 1.22. The van der Waals surface area contributed by atoms with E-state index in [0.29, 0.717) is 0 Å². The lowest BCUT2D eigenvalue weighted by molar-refractivity contribution is 0.604. The Hall–Kier alpha value is 0.260. The molecule has 0 rings (SSSR count). The highest BCUT2D eigenvalue weighted by Gasteiger charge is 1.90. The average Bonchev–Trinajstić information content (AvgIpc) is 1.35. The highest BCUT2D eigenvalue weighted by molar-refractivity contribution is 8.62. The number of hydrogen-bond acceptors (Lipinski definition) is 2. The largest absolute Gasteiger partial charge is 0.261 e. The molecule has 0 saturated heterocycles. The zero-order valence-corrected chi connectivity index (χ0v) is 4.88. The van der Waals surface area contributed by atoms with Crippen molar-refractivity contribution in [3.05, 3.63) is 0 Å². The van der Waals surface area contributed by atoms with Crippen LogP contribution in [0, 0.1) is 0 Å². The molecule has 0 aromatic rings. The summed E-state index contributed by atoms with van der Waals surface area (Å²) in [6.07, 6.45) is 0. The first-order chi connectivity index (χ1) is 2.56. The summed E-state index contributed by atoms with van der Waals surface area (Å²) in [4.78, 5) is 0. The third-order valence-corrected chi connectivity index (χ3v) is 1.32. The van der Waals surface area contributed by atoms with Crippen LogP contribution in [-0.4, -0.2) is 15.5 Å². The van der Waals surface area contributed by atoms with Gasteiger partial charge in [0.1, 0.15) is 0 Å². The van der Waals surface area contributed by atoms with Crippen LogP contribution in [-0.2, 0) is 9.06 Å². The Morgan fingerprint density at radius 1 is 1.67 bits per heavy atom. The van der Waals surface area contributed by atoms with Gasteiger partial charge in [0, 0.05) is 0 Å². The summed E-state index contributed by atoms with van der Waals surface area (Å²) in [7, 11) is -1.92. The van der Waals surface area contributed by atoms with E-state index in [1.807, 2.05) is 4.72 Å². The van der Waals surface area contributed by atoms with Crippen molar-refractivity contribution in [1.82, 2.24) is 4.72 Å². The van der Waals surface area contributed by atoms with Crippen LogP contribution < -0.4 is 4.72 Å². The van der Waals surface area contributed by atoms with Crippen LogP contribution >= 0.6 is 11.7 Å². The second-order valence-electron chi connectivity index (χ2n) is 0.679. The van der Waals surface area contributed by atoms with Gasteiger partial charge in [0.15, 0.2) is 0 Å². The van der Waals surface area contributed by atoms with Crippen molar-refractivity contribution in [2.75, 3.05) is 7.05 Å². The molecule has 0 aliphatic carbocycles. The van der Waals surface area contributed by atoms with E-state index in [2.05, 4.69) is 11.7 Å². The van der Waals surface area contributed by atoms with E-state index in [1.165, 1.54) is 7.05 Å². The summed E-state index contributed by atoms with van der Waals surface area (Å²) in [6.45, 7) is 0. The van der Waals surface area contributed by atoms with Gasteiger partial charge in [0.25, 0.3) is 9.06 Å². The minimum atomic E-state index is -3.22. The van der Waals surface area contributed by atoms with Crippen molar-refractivity contribution in [2.45, 2.75) is 0 Å². The third kappa shape index (κ3) is 4.26. The normalized spacial score (nSPS) is 11.7. The van der Waals surface area contributed by atoms with Gasteiger partial charge in [-0.15, -0.1) is 0 Å². The summed E-state index contributed by atoms with van der Waals surface area (Å²) in [5.41, 5.74) is 0. The Labute approximate surface area is 41.6 Å². The molecule has 0 amide bonds. The van der Waals surface area contributed by atoms with Crippen LogP contribution in [0.15, 0.2) is 0 Å². The molecule has 6 heavy (non-hydrogen) atoms. The van der Waals surface area contributed by atoms with Crippen LogP contribution in [0.5, 0.6) is 0 Å². The van der Waals surface area contributed by atoms with Gasteiger partial charge in [-0.1, -0.05) is 0 Å². The topological polar surface area (TPSA) is 46.2 Å². The molecule has 0 aliphatic heterocycles. The van der Waals surface area contributed by atoms with E-state index in [4.69, 9.17) is 0 Å². The van der Waals surface area contributed by atoms with Gasteiger partial charge in [0.2, 0.25) is 0 Å². The number of rotatable bonds is 1. The molecule has 0 bridgehead atoms. The second-order valence-corrected chi connectivity index (χ2v) is 3.48. The molecule has 0 aromatic carbocycles. The predicted molar refractivity (Wildman–Crippen MR) is 27.0 cm³/mol. The monoisotopic (exact) mass is 127 g/mol. The second kappa shape index (κ2) is 1.81. The van der Waals surface area contributed by atoms with Gasteiger partial charge >= 0.3 is 0 Å². The highest BCUT2D eigenvalue weighted by atomic mass is 33.1. The van der Waals surface area contributed by atoms with Crippen LogP contribution in [0.3, 0.4) is 0 Å². The van der Waals surface area contributed by atoms with Gasteiger partial charge < -0.3 is 0 Å². The zero-order valence-electron chi connectivity index (χ0n) is 3.17. The highest BCUT2D eigenvalue weighted by Crippen LogP contribution is 1.82. The van der Waals surface area contributed by atoms with Crippen molar-refractivity contribution in [1.29, 1.82) is 0 Å². The van der Waals surface area contributed by atoms with Gasteiger partial charge in [-0.3, -0.25) is 0 Å². The minimum Gasteiger partial charge on any atom is -0.210 e. The Balaban J connectivity index is 3.85. The molecular formula is CH5NO2S2. The van der Waals surface area contributed by atoms with Crippen molar-refractivity contribution in [3.63, 3.8) is 0 Å². The Bertz CT molecular complexity index is 114. The molecule has 0 saturated carbocycles. The van der Waals surface area contributed by atoms with Crippen molar-refractivity contribution < 1.29 is 8.42 Å². The first-order valence-corrected chi connectivity index (χ1v) is 3.76. The Morgan fingerprint density at radius 3 is 1.83 bits per heavy atom. The maximum Gasteiger partial charge on any atom is 0.261 e. The smallest absolute Gasteiger partial charge is 0.210 e. The summed E-state index contributed by atoms with van der Waals surface area (Å²) in [5, 5.41) is 0. The predicted octanol–water partition coefficient (Wildman–Crippen LogP) is -0.620. The lowest BCUT2D eigenvalue weighted by atomic mass is 11.6. The summed E-state index contributed by atoms with van der Waals surface area (Å²) < 4.78 is 21.4. The molecule has 0 aromatic heterocycles. The molecule has 0 aliphatic rings. The van der Waals surface area contributed by atoms with Gasteiger partial charge in [0.05, 0.1) is 0 Å². The van der Waals surface area contributed by atoms with Crippen molar-refractivity contribution in [2.24, 2.45) is 0 Å². The van der Waals surface area contributed by atoms with E-state index in [-0.39, 0.29) is 0 Å². The first kappa shape index (κ1) is 6.26. The average molecular weight is 127 g/mol. The maximum atomic E-state index is 9.75. The summed E-state index contributed by atoms with van der Waals surface area (Å²) in [6, 6.07) is 0. The molecule has 0 radical (unpaired) electrons. The number of hydrogen-bond donors (Lipinski definition) is 2. The fourth-order valence-electron chi connectivity index (χ4n) is 0. The molecule has 0 fully saturated rings. The number of thiol groups is 1. The van der Waals surface area contributed by atoms with E-state index < -0.39 is 9.06 Å². The lowest BCUT2D eigenvalue weighted by Gasteiger charge is -1.83. The van der Waals surface area contributed by atoms with Crippen LogP contribution in [0.2, 0.25) is 0 Å². The van der Waals surface area contributed by atoms with Crippen LogP contribution in [0.1, 0.15) is 0 Å². The molecular weight excluding hydrogens is 122 g/mol. The van der Waals surface area contributed by atoms with E-state index in [0.717, 1.165) is 0 Å². The molecule has 0 spiro atoms. The molecule has 3 nitrogen and oxygen atoms in total. The van der Waals surface area contributed by atoms with E-state index in [9.17, 15) is 8.42 Å². The maximum absolute atomic E-state index is 9.75. The van der Waals surface area contributed by atoms with Gasteiger partial charge in [-0.2, -0.15) is 0 Å². The summed E-state index contributed by atoms with van der Waals surface area (Å²) in [5.74, 6) is 0. The van der Waals surface area contributed by atoms with Gasteiger partial charge in [-0.25, -0.2) is 13.1 Å². The molecule has 0 atom stereocenters. The van der Waals surface area contributed by atoms with E-state index in [1.54, 1.807) is 0 Å². The Kier molecular flexibility index (Phi) is 1.89. The van der Waals surface area contributed by atoms with Crippen molar-refractivity contribution in [3.8, 4) is 0 Å². The lowest BCUT2D eigenvalue weighted by Crippen LogP contribution is -2.10. The minimum absolute atomic E-state index is 1.29. The quantitative estimate of drug-likeness (QED) is 0.364. The SMILES string of the molecule is CNS(=O)(=O)S. The fraction of sp³-hybridized carbons (Fsp3) is 1.00. The molecule has 0 unspecified atom stereocenters. The molecule has 5 heteroatoms. The number of nitrogens with one attached hydrogen (secondary N) is 1. The van der Waals surface area contributed by atoms with Crippen LogP contribution in [0.4, 0.5) is 0 Å². The third-order valence-electron chi connectivity index (χ3n) is 0.258. The molecule has 0 heterocycles. The molecule has 1 N–H and O–H groups in total. The van der Waals surface area contributed by atoms with Gasteiger partial charge in [-0.05, 0) is 18.7 Å². The molecule has 38 valence electrons. The van der Waals surface area contributed by atoms with Crippen LogP contribution in [0.25, 0.3) is 0 Å². The Morgan fingerprint density at radius 2 is 1.83 bits per heavy atom. The fourth-order valence-corrected chi connectivity index (χ4v) is 0. The summed E-state index contributed by atoms with van der Waals surface area (Å²) >= 11 is 3.12. The van der Waals surface area contributed by atoms with Crippen molar-refractivity contribution >= 4 is 20.7 Å². The van der Waals surface area contributed by atoms with E-state index >= 15 is 0 Å². The zero-order chi connectivity index (χ0) is 5.21.